The summed E-state index contributed by atoms with van der Waals surface area (Å²) in [4.78, 5) is 21.6. The van der Waals surface area contributed by atoms with Crippen LogP contribution in [0.5, 0.6) is 0 Å². The van der Waals surface area contributed by atoms with Gasteiger partial charge in [0.05, 0.1) is 12.1 Å². The third-order valence-corrected chi connectivity index (χ3v) is 4.35. The lowest BCUT2D eigenvalue weighted by molar-refractivity contribution is -0.0230. The number of aliphatic hydroxyl groups excluding tert-OH is 2. The van der Waals surface area contributed by atoms with Gasteiger partial charge in [-0.15, -0.1) is 0 Å². The van der Waals surface area contributed by atoms with Crippen molar-refractivity contribution < 1.29 is 30.0 Å². The van der Waals surface area contributed by atoms with Crippen molar-refractivity contribution in [3.63, 3.8) is 0 Å². The zero-order valence-corrected chi connectivity index (χ0v) is 14.2. The molecule has 10 heteroatoms. The minimum atomic E-state index is -1.40. The highest BCUT2D eigenvalue weighted by atomic mass is 32.2. The van der Waals surface area contributed by atoms with Gasteiger partial charge in [0, 0.05) is 0 Å². The molecule has 0 aromatic rings. The van der Waals surface area contributed by atoms with E-state index >= 15 is 0 Å². The maximum absolute atomic E-state index is 10.8. The second kappa shape index (κ2) is 11.7. The summed E-state index contributed by atoms with van der Waals surface area (Å²) in [6, 6.07) is -1.74. The Morgan fingerprint density at radius 2 is 1.18 bits per heavy atom. The average molecular weight is 356 g/mol. The SMILES string of the molecule is CSCCC(NC(=O)O)C(O)C(O)C(CCSC)NC(=O)O. The van der Waals surface area contributed by atoms with E-state index in [1.807, 2.05) is 12.5 Å². The molecule has 0 spiro atoms. The number of thioether (sulfide) groups is 2. The molecular formula is C12H24N2O6S2. The van der Waals surface area contributed by atoms with Gasteiger partial charge in [-0.1, -0.05) is 0 Å². The van der Waals surface area contributed by atoms with E-state index in [-0.39, 0.29) is 0 Å². The fourth-order valence-corrected chi connectivity index (χ4v) is 2.92. The highest BCUT2D eigenvalue weighted by molar-refractivity contribution is 7.98. The molecule has 0 rings (SSSR count). The molecule has 8 nitrogen and oxygen atoms in total. The van der Waals surface area contributed by atoms with Crippen molar-refractivity contribution in [2.75, 3.05) is 24.0 Å². The summed E-state index contributed by atoms with van der Waals surface area (Å²) in [5.41, 5.74) is 0. The molecule has 0 aromatic heterocycles. The van der Waals surface area contributed by atoms with Gasteiger partial charge in [-0.3, -0.25) is 0 Å². The van der Waals surface area contributed by atoms with Crippen LogP contribution >= 0.6 is 23.5 Å². The molecular weight excluding hydrogens is 332 g/mol. The normalized spacial score (nSPS) is 16.4. The summed E-state index contributed by atoms with van der Waals surface area (Å²) in [5, 5.41) is 42.4. The Kier molecular flexibility index (Phi) is 11.2. The van der Waals surface area contributed by atoms with Crippen LogP contribution in [0.15, 0.2) is 0 Å². The van der Waals surface area contributed by atoms with Crippen LogP contribution in [0.2, 0.25) is 0 Å². The van der Waals surface area contributed by atoms with Crippen LogP contribution in [0.3, 0.4) is 0 Å². The third kappa shape index (κ3) is 8.57. The topological polar surface area (TPSA) is 139 Å². The molecule has 0 saturated heterocycles. The predicted molar refractivity (Wildman–Crippen MR) is 87.9 cm³/mol. The lowest BCUT2D eigenvalue weighted by Gasteiger charge is -2.31. The van der Waals surface area contributed by atoms with E-state index in [4.69, 9.17) is 10.2 Å². The molecule has 0 aliphatic rings. The Morgan fingerprint density at radius 1 is 0.864 bits per heavy atom. The van der Waals surface area contributed by atoms with Gasteiger partial charge in [0.25, 0.3) is 0 Å². The zero-order valence-electron chi connectivity index (χ0n) is 12.6. The molecule has 0 aliphatic heterocycles. The molecule has 0 aliphatic carbocycles. The molecule has 22 heavy (non-hydrogen) atoms. The quantitative estimate of drug-likeness (QED) is 0.314. The summed E-state index contributed by atoms with van der Waals surface area (Å²) in [6.07, 6.45) is -1.07. The fraction of sp³-hybridized carbons (Fsp3) is 0.833. The molecule has 0 saturated carbocycles. The first-order valence-electron chi connectivity index (χ1n) is 6.66. The van der Waals surface area contributed by atoms with E-state index in [1.54, 1.807) is 0 Å². The smallest absolute Gasteiger partial charge is 0.404 e. The predicted octanol–water partition coefficient (Wildman–Crippen LogP) is 0.487. The molecule has 0 aromatic carbocycles. The first-order valence-corrected chi connectivity index (χ1v) is 9.45. The van der Waals surface area contributed by atoms with E-state index in [0.29, 0.717) is 24.3 Å². The van der Waals surface area contributed by atoms with Crippen LogP contribution in [0.4, 0.5) is 9.59 Å². The van der Waals surface area contributed by atoms with Gasteiger partial charge in [0.2, 0.25) is 0 Å². The van der Waals surface area contributed by atoms with Crippen LogP contribution in [-0.2, 0) is 0 Å². The highest BCUT2D eigenvalue weighted by Gasteiger charge is 2.33. The van der Waals surface area contributed by atoms with Gasteiger partial charge >= 0.3 is 12.2 Å². The minimum Gasteiger partial charge on any atom is -0.465 e. The first-order chi connectivity index (χ1) is 10.3. The van der Waals surface area contributed by atoms with Crippen LogP contribution in [0.25, 0.3) is 0 Å². The monoisotopic (exact) mass is 356 g/mol. The Balaban J connectivity index is 4.89. The highest BCUT2D eigenvalue weighted by Crippen LogP contribution is 2.14. The van der Waals surface area contributed by atoms with Gasteiger partial charge in [-0.05, 0) is 36.9 Å². The van der Waals surface area contributed by atoms with E-state index in [0.717, 1.165) is 0 Å². The number of nitrogens with one attached hydrogen (secondary N) is 2. The first kappa shape index (κ1) is 21.2. The van der Waals surface area contributed by atoms with E-state index in [1.165, 1.54) is 23.5 Å². The van der Waals surface area contributed by atoms with Crippen LogP contribution in [-0.4, -0.2) is 80.9 Å². The zero-order chi connectivity index (χ0) is 17.1. The van der Waals surface area contributed by atoms with Gasteiger partial charge in [0.1, 0.15) is 12.2 Å². The average Bonchev–Trinajstić information content (AvgIpc) is 2.45. The number of hydrogen-bond acceptors (Lipinski definition) is 6. The number of hydrogen-bond donors (Lipinski definition) is 6. The lowest BCUT2D eigenvalue weighted by atomic mass is 9.96. The standard InChI is InChI=1S/C12H24N2O6S2/c1-21-5-3-7(13-11(17)18)9(15)10(16)8(4-6-22-2)14-12(19)20/h7-10,13-16H,3-6H2,1-2H3,(H,17,18)(H,19,20). The van der Waals surface area contributed by atoms with E-state index in [9.17, 15) is 19.8 Å². The Morgan fingerprint density at radius 3 is 1.41 bits per heavy atom. The molecule has 0 bridgehead atoms. The van der Waals surface area contributed by atoms with Crippen molar-refractivity contribution >= 4 is 35.7 Å². The van der Waals surface area contributed by atoms with Gasteiger partial charge < -0.3 is 31.1 Å². The molecule has 0 heterocycles. The third-order valence-electron chi connectivity index (χ3n) is 3.06. The maximum atomic E-state index is 10.8. The van der Waals surface area contributed by atoms with E-state index in [2.05, 4.69) is 10.6 Å². The van der Waals surface area contributed by atoms with Crippen LogP contribution < -0.4 is 10.6 Å². The Bertz CT molecular complexity index is 316. The van der Waals surface area contributed by atoms with Gasteiger partial charge in [-0.25, -0.2) is 9.59 Å². The Hall–Kier alpha value is -0.840. The number of carbonyl (C=O) groups is 2. The molecule has 4 atom stereocenters. The molecule has 4 unspecified atom stereocenters. The number of rotatable bonds is 11. The van der Waals surface area contributed by atoms with E-state index < -0.39 is 36.5 Å². The van der Waals surface area contributed by atoms with Crippen molar-refractivity contribution in [2.45, 2.75) is 37.1 Å². The summed E-state index contributed by atoms with van der Waals surface area (Å²) in [7, 11) is 0. The Labute approximate surface area is 138 Å². The summed E-state index contributed by atoms with van der Waals surface area (Å²) in [6.45, 7) is 0. The second-order valence-electron chi connectivity index (χ2n) is 4.66. The van der Waals surface area contributed by atoms with Gasteiger partial charge in [-0.2, -0.15) is 23.5 Å². The molecule has 130 valence electrons. The molecule has 2 amide bonds. The molecule has 0 fully saturated rings. The number of amides is 2. The number of aliphatic hydroxyl groups is 2. The lowest BCUT2D eigenvalue weighted by Crippen LogP contribution is -2.56. The van der Waals surface area contributed by atoms with Crippen LogP contribution in [0.1, 0.15) is 12.8 Å². The fourth-order valence-electron chi connectivity index (χ4n) is 1.94. The largest absolute Gasteiger partial charge is 0.465 e. The maximum Gasteiger partial charge on any atom is 0.404 e. The van der Waals surface area contributed by atoms with Crippen molar-refractivity contribution in [3.05, 3.63) is 0 Å². The molecule has 6 N–H and O–H groups in total. The number of carboxylic acid groups (broad SMARTS) is 2. The summed E-state index contributed by atoms with van der Waals surface area (Å²) in [5.74, 6) is 1.19. The van der Waals surface area contributed by atoms with Crippen LogP contribution in [0, 0.1) is 0 Å². The van der Waals surface area contributed by atoms with Crippen molar-refractivity contribution in [1.82, 2.24) is 10.6 Å². The molecule has 0 radical (unpaired) electrons. The van der Waals surface area contributed by atoms with Crippen molar-refractivity contribution in [2.24, 2.45) is 0 Å². The summed E-state index contributed by atoms with van der Waals surface area (Å²) >= 11 is 2.96. The second-order valence-corrected chi connectivity index (χ2v) is 6.63. The van der Waals surface area contributed by atoms with Crippen molar-refractivity contribution in [1.29, 1.82) is 0 Å². The minimum absolute atomic E-state index is 0.327. The van der Waals surface area contributed by atoms with Crippen molar-refractivity contribution in [3.8, 4) is 0 Å². The summed E-state index contributed by atoms with van der Waals surface area (Å²) < 4.78 is 0. The van der Waals surface area contributed by atoms with Gasteiger partial charge in [0.15, 0.2) is 0 Å².